The van der Waals surface area contributed by atoms with E-state index in [-0.39, 0.29) is 11.7 Å². The van der Waals surface area contributed by atoms with E-state index in [0.29, 0.717) is 21.8 Å². The number of aromatic nitrogens is 7. The normalized spacial score (nSPS) is 14.7. The third-order valence-corrected chi connectivity index (χ3v) is 4.25. The van der Waals surface area contributed by atoms with Crippen molar-refractivity contribution in [2.24, 2.45) is 0 Å². The zero-order valence-electron chi connectivity index (χ0n) is 11.1. The number of nitrogens with one attached hydrogen (secondary N) is 3. The molecule has 0 spiro atoms. The molecule has 0 aromatic carbocycles. The molecule has 3 aromatic heterocycles. The summed E-state index contributed by atoms with van der Waals surface area (Å²) in [6.07, 6.45) is 3.70. The lowest BCUT2D eigenvalue weighted by molar-refractivity contribution is 0.642. The van der Waals surface area contributed by atoms with Gasteiger partial charge in [-0.1, -0.05) is 0 Å². The zero-order valence-corrected chi connectivity index (χ0v) is 11.9. The molecule has 3 aromatic rings. The van der Waals surface area contributed by atoms with Gasteiger partial charge in [0.15, 0.2) is 10.8 Å². The van der Waals surface area contributed by atoms with Crippen molar-refractivity contribution in [3.63, 3.8) is 0 Å². The van der Waals surface area contributed by atoms with Crippen molar-refractivity contribution >= 4 is 28.7 Å². The van der Waals surface area contributed by atoms with E-state index in [2.05, 4.69) is 35.7 Å². The number of aromatic amines is 2. The first-order chi connectivity index (χ1) is 10.3. The van der Waals surface area contributed by atoms with Gasteiger partial charge in [0.25, 0.3) is 0 Å². The van der Waals surface area contributed by atoms with Gasteiger partial charge in [0.05, 0.1) is 11.6 Å². The maximum absolute atomic E-state index is 11.8. The smallest absolute Gasteiger partial charge is 0.344 e. The maximum Gasteiger partial charge on any atom is 0.344 e. The lowest BCUT2D eigenvalue weighted by atomic mass is 10.4. The Hall–Kier alpha value is -2.36. The van der Waals surface area contributed by atoms with Crippen LogP contribution in [-0.2, 0) is 0 Å². The molecule has 1 aliphatic carbocycles. The summed E-state index contributed by atoms with van der Waals surface area (Å²) in [6.45, 7) is 0. The van der Waals surface area contributed by atoms with E-state index in [1.165, 1.54) is 11.8 Å². The number of rotatable bonds is 4. The van der Waals surface area contributed by atoms with Crippen molar-refractivity contribution in [1.82, 2.24) is 34.9 Å². The fourth-order valence-corrected chi connectivity index (χ4v) is 3.09. The van der Waals surface area contributed by atoms with E-state index in [0.717, 1.165) is 18.2 Å². The van der Waals surface area contributed by atoms with Crippen LogP contribution in [0.1, 0.15) is 18.9 Å². The molecule has 4 rings (SSSR count). The lowest BCUT2D eigenvalue weighted by Crippen LogP contribution is -2.16. The van der Waals surface area contributed by atoms with Gasteiger partial charge in [0.1, 0.15) is 5.03 Å². The van der Waals surface area contributed by atoms with Crippen LogP contribution in [-0.4, -0.2) is 42.0 Å². The molecule has 10 heteroatoms. The Morgan fingerprint density at radius 1 is 1.38 bits per heavy atom. The molecule has 0 saturated heterocycles. The lowest BCUT2D eigenvalue weighted by Gasteiger charge is -2.05. The van der Waals surface area contributed by atoms with Crippen LogP contribution >= 0.6 is 11.8 Å². The van der Waals surface area contributed by atoms with Gasteiger partial charge >= 0.3 is 5.69 Å². The highest BCUT2D eigenvalue weighted by atomic mass is 32.2. The minimum absolute atomic E-state index is 0.175. The molecule has 3 heterocycles. The van der Waals surface area contributed by atoms with Gasteiger partial charge in [-0.05, 0) is 24.6 Å². The summed E-state index contributed by atoms with van der Waals surface area (Å²) in [6, 6.07) is 0.254. The van der Waals surface area contributed by atoms with Gasteiger partial charge in [-0.3, -0.25) is 9.67 Å². The molecule has 0 amide bonds. The van der Waals surface area contributed by atoms with Crippen LogP contribution in [0, 0.1) is 0 Å². The second-order valence-corrected chi connectivity index (χ2v) is 5.71. The summed E-state index contributed by atoms with van der Waals surface area (Å²) in [5, 5.41) is 18.4. The molecule has 1 aliphatic rings. The van der Waals surface area contributed by atoms with Crippen LogP contribution in [0.25, 0.3) is 11.0 Å². The molecule has 0 radical (unpaired) electrons. The minimum Gasteiger partial charge on any atom is -0.357 e. The van der Waals surface area contributed by atoms with E-state index < -0.39 is 0 Å². The first-order valence-electron chi connectivity index (χ1n) is 6.50. The molecular formula is C11H12N8OS. The van der Waals surface area contributed by atoms with Gasteiger partial charge in [-0.2, -0.15) is 10.1 Å². The zero-order chi connectivity index (χ0) is 14.4. The Balaban J connectivity index is 1.80. The molecule has 0 aliphatic heterocycles. The van der Waals surface area contributed by atoms with Crippen LogP contribution < -0.4 is 11.0 Å². The highest BCUT2D eigenvalue weighted by Gasteiger charge is 2.29. The monoisotopic (exact) mass is 304 g/mol. The molecule has 108 valence electrons. The molecule has 0 atom stereocenters. The Labute approximate surface area is 122 Å². The van der Waals surface area contributed by atoms with Gasteiger partial charge in [0, 0.05) is 13.1 Å². The predicted molar refractivity (Wildman–Crippen MR) is 76.5 cm³/mol. The summed E-state index contributed by atoms with van der Waals surface area (Å²) in [4.78, 5) is 20.5. The van der Waals surface area contributed by atoms with Crippen molar-refractivity contribution in [2.75, 3.05) is 12.4 Å². The Kier molecular flexibility index (Phi) is 2.70. The molecule has 1 fully saturated rings. The molecule has 3 N–H and O–H groups in total. The Morgan fingerprint density at radius 2 is 2.24 bits per heavy atom. The number of anilines is 1. The van der Waals surface area contributed by atoms with E-state index in [4.69, 9.17) is 0 Å². The average Bonchev–Trinajstić information content (AvgIpc) is 3.08. The summed E-state index contributed by atoms with van der Waals surface area (Å²) < 4.78 is 1.69. The minimum atomic E-state index is -0.175. The van der Waals surface area contributed by atoms with Crippen molar-refractivity contribution in [2.45, 2.75) is 29.1 Å². The van der Waals surface area contributed by atoms with Crippen LogP contribution in [0.4, 0.5) is 5.95 Å². The Morgan fingerprint density at radius 3 is 3.00 bits per heavy atom. The topological polar surface area (TPSA) is 117 Å². The number of H-pyrrole nitrogens is 2. The second-order valence-electron chi connectivity index (χ2n) is 4.75. The quantitative estimate of drug-likeness (QED) is 0.609. The molecule has 21 heavy (non-hydrogen) atoms. The van der Waals surface area contributed by atoms with Crippen LogP contribution in [0.5, 0.6) is 0 Å². The highest BCUT2D eigenvalue weighted by molar-refractivity contribution is 7.99. The maximum atomic E-state index is 11.8. The van der Waals surface area contributed by atoms with E-state index in [1.807, 2.05) is 0 Å². The van der Waals surface area contributed by atoms with Gasteiger partial charge in [-0.25, -0.2) is 14.9 Å². The number of hydrogen-bond donors (Lipinski definition) is 3. The van der Waals surface area contributed by atoms with Gasteiger partial charge in [0.2, 0.25) is 5.95 Å². The fourth-order valence-electron chi connectivity index (χ4n) is 2.10. The highest BCUT2D eigenvalue weighted by Crippen LogP contribution is 2.38. The molecule has 0 unspecified atom stereocenters. The van der Waals surface area contributed by atoms with Gasteiger partial charge in [-0.15, -0.1) is 5.10 Å². The largest absolute Gasteiger partial charge is 0.357 e. The number of nitrogens with zero attached hydrogens (tertiary/aromatic N) is 5. The standard InChI is InChI=1S/C11H12N8OS/c1-12-9-14-7-6(4-13-16-7)8(15-9)21-11-18-17-10(20)19(11)5-2-3-5/h4-5H,2-3H2,1H3,(H,17,20)(H2,12,13,14,15,16). The van der Waals surface area contributed by atoms with Crippen LogP contribution in [0.3, 0.4) is 0 Å². The predicted octanol–water partition coefficient (Wildman–Crippen LogP) is 0.765. The van der Waals surface area contributed by atoms with E-state index in [9.17, 15) is 4.79 Å². The number of fused-ring (bicyclic) bond motifs is 1. The first kappa shape index (κ1) is 12.4. The summed E-state index contributed by atoms with van der Waals surface area (Å²) in [7, 11) is 1.75. The molecule has 9 nitrogen and oxygen atoms in total. The average molecular weight is 304 g/mol. The van der Waals surface area contributed by atoms with Crippen molar-refractivity contribution in [3.8, 4) is 0 Å². The fraction of sp³-hybridized carbons (Fsp3) is 0.364. The van der Waals surface area contributed by atoms with Crippen molar-refractivity contribution in [3.05, 3.63) is 16.7 Å². The van der Waals surface area contributed by atoms with E-state index >= 15 is 0 Å². The summed E-state index contributed by atoms with van der Waals surface area (Å²) in [5.41, 5.74) is 0.471. The first-order valence-corrected chi connectivity index (χ1v) is 7.31. The van der Waals surface area contributed by atoms with Crippen molar-refractivity contribution < 1.29 is 0 Å². The molecule has 0 bridgehead atoms. The third-order valence-electron chi connectivity index (χ3n) is 3.27. The van der Waals surface area contributed by atoms with Gasteiger partial charge < -0.3 is 5.32 Å². The number of hydrogen-bond acceptors (Lipinski definition) is 7. The third kappa shape index (κ3) is 2.07. The van der Waals surface area contributed by atoms with Crippen LogP contribution in [0.2, 0.25) is 0 Å². The SMILES string of the molecule is CNc1nc(Sc2n[nH]c(=O)n2C2CC2)c2cn[nH]c2n1. The van der Waals surface area contributed by atoms with Crippen LogP contribution in [0.15, 0.2) is 21.2 Å². The van der Waals surface area contributed by atoms with Crippen molar-refractivity contribution in [1.29, 1.82) is 0 Å². The molecule has 1 saturated carbocycles. The summed E-state index contributed by atoms with van der Waals surface area (Å²) in [5.74, 6) is 0.491. The summed E-state index contributed by atoms with van der Waals surface area (Å²) >= 11 is 1.34. The molecular weight excluding hydrogens is 292 g/mol. The Bertz CT molecular complexity index is 861. The second kappa shape index (κ2) is 4.58. The van der Waals surface area contributed by atoms with E-state index in [1.54, 1.807) is 17.8 Å².